The second-order valence-electron chi connectivity index (χ2n) is 3.07. The molecule has 2 rings (SSSR count). The first-order chi connectivity index (χ1) is 5.86. The Bertz CT molecular complexity index is 239. The summed E-state index contributed by atoms with van der Waals surface area (Å²) in [7, 11) is 0. The Morgan fingerprint density at radius 3 is 2.42 bits per heavy atom. The number of pyridine rings is 1. The van der Waals surface area contributed by atoms with Crippen molar-refractivity contribution < 1.29 is 0 Å². The molecule has 0 aliphatic heterocycles. The Hall–Kier alpha value is -0.850. The Morgan fingerprint density at radius 2 is 1.92 bits per heavy atom. The van der Waals surface area contributed by atoms with E-state index in [9.17, 15) is 0 Å². The summed E-state index contributed by atoms with van der Waals surface area (Å²) in [5, 5.41) is 0. The van der Waals surface area contributed by atoms with Gasteiger partial charge in [-0.15, -0.1) is 0 Å². The van der Waals surface area contributed by atoms with Gasteiger partial charge in [0.15, 0.2) is 0 Å². The van der Waals surface area contributed by atoms with E-state index in [2.05, 4.69) is 18.0 Å². The molecule has 1 heteroatoms. The van der Waals surface area contributed by atoms with Crippen molar-refractivity contribution in [2.24, 2.45) is 0 Å². The van der Waals surface area contributed by atoms with Gasteiger partial charge in [-0.1, -0.05) is 19.9 Å². The van der Waals surface area contributed by atoms with Crippen LogP contribution in [-0.4, -0.2) is 4.98 Å². The quantitative estimate of drug-likeness (QED) is 0.619. The highest BCUT2D eigenvalue weighted by Gasteiger charge is 2.23. The van der Waals surface area contributed by atoms with Gasteiger partial charge in [0.25, 0.3) is 0 Å². The molecule has 0 atom stereocenters. The van der Waals surface area contributed by atoms with Crippen LogP contribution in [0.1, 0.15) is 43.7 Å². The molecule has 0 spiro atoms. The first kappa shape index (κ1) is 9.24. The smallest absolute Gasteiger partial charge is 0.0302 e. The molecule has 12 heavy (non-hydrogen) atoms. The zero-order valence-electron chi connectivity index (χ0n) is 8.17. The molecule has 1 aromatic heterocycles. The molecule has 0 bridgehead atoms. The van der Waals surface area contributed by atoms with Crippen molar-refractivity contribution in [3.05, 3.63) is 29.6 Å². The van der Waals surface area contributed by atoms with Crippen molar-refractivity contribution in [2.75, 3.05) is 0 Å². The molecule has 1 fully saturated rings. The van der Waals surface area contributed by atoms with E-state index < -0.39 is 0 Å². The molecule has 1 aliphatic carbocycles. The average molecular weight is 163 g/mol. The highest BCUT2D eigenvalue weighted by Crippen LogP contribution is 2.39. The molecular formula is C11H17N. The second-order valence-corrected chi connectivity index (χ2v) is 3.07. The Kier molecular flexibility index (Phi) is 3.27. The molecule has 1 aliphatic rings. The van der Waals surface area contributed by atoms with Crippen LogP contribution in [0.25, 0.3) is 0 Å². The molecule has 66 valence electrons. The summed E-state index contributed by atoms with van der Waals surface area (Å²) in [6, 6.07) is 2.24. The van der Waals surface area contributed by atoms with Gasteiger partial charge in [0.2, 0.25) is 0 Å². The predicted octanol–water partition coefficient (Wildman–Crippen LogP) is 3.29. The van der Waals surface area contributed by atoms with E-state index >= 15 is 0 Å². The summed E-state index contributed by atoms with van der Waals surface area (Å²) in [4.78, 5) is 4.15. The van der Waals surface area contributed by atoms with Crippen molar-refractivity contribution in [1.82, 2.24) is 4.98 Å². The molecule has 0 saturated heterocycles. The highest BCUT2D eigenvalue weighted by atomic mass is 14.6. The summed E-state index contributed by atoms with van der Waals surface area (Å²) < 4.78 is 0. The minimum atomic E-state index is 0.840. The molecule has 0 unspecified atom stereocenters. The normalized spacial score (nSPS) is 14.9. The van der Waals surface area contributed by atoms with Crippen molar-refractivity contribution >= 4 is 0 Å². The van der Waals surface area contributed by atoms with Crippen molar-refractivity contribution in [3.63, 3.8) is 0 Å². The van der Waals surface area contributed by atoms with Gasteiger partial charge in [-0.2, -0.15) is 0 Å². The molecular weight excluding hydrogens is 146 g/mol. The van der Waals surface area contributed by atoms with Crippen molar-refractivity contribution in [1.29, 1.82) is 0 Å². The van der Waals surface area contributed by atoms with Crippen LogP contribution in [0.4, 0.5) is 0 Å². The summed E-state index contributed by atoms with van der Waals surface area (Å²) in [5.41, 5.74) is 2.71. The summed E-state index contributed by atoms with van der Waals surface area (Å²) in [5.74, 6) is 0.840. The van der Waals surface area contributed by atoms with E-state index in [-0.39, 0.29) is 0 Å². The van der Waals surface area contributed by atoms with Gasteiger partial charge in [-0.25, -0.2) is 0 Å². The lowest BCUT2D eigenvalue weighted by Gasteiger charge is -1.96. The van der Waals surface area contributed by atoms with Crippen LogP contribution < -0.4 is 0 Å². The fourth-order valence-electron chi connectivity index (χ4n) is 1.22. The van der Waals surface area contributed by atoms with Crippen LogP contribution in [-0.2, 0) is 0 Å². The van der Waals surface area contributed by atoms with Crippen LogP contribution >= 0.6 is 0 Å². The molecule has 1 nitrogen and oxygen atoms in total. The van der Waals surface area contributed by atoms with Crippen LogP contribution in [0.15, 0.2) is 18.5 Å². The highest BCUT2D eigenvalue weighted by molar-refractivity contribution is 5.23. The lowest BCUT2D eigenvalue weighted by atomic mass is 10.1. The monoisotopic (exact) mass is 163 g/mol. The van der Waals surface area contributed by atoms with Gasteiger partial charge >= 0.3 is 0 Å². The number of hydrogen-bond acceptors (Lipinski definition) is 1. The third-order valence-corrected chi connectivity index (χ3v) is 1.94. The van der Waals surface area contributed by atoms with Gasteiger partial charge in [-0.3, -0.25) is 4.98 Å². The molecule has 0 N–H and O–H groups in total. The first-order valence-electron chi connectivity index (χ1n) is 4.78. The summed E-state index contributed by atoms with van der Waals surface area (Å²) in [6.45, 7) is 6.10. The second kappa shape index (κ2) is 4.24. The van der Waals surface area contributed by atoms with Gasteiger partial charge < -0.3 is 0 Å². The molecule has 1 saturated carbocycles. The van der Waals surface area contributed by atoms with Gasteiger partial charge in [0.05, 0.1) is 0 Å². The maximum absolute atomic E-state index is 4.15. The molecule has 1 heterocycles. The van der Waals surface area contributed by atoms with Gasteiger partial charge in [-0.05, 0) is 36.8 Å². The van der Waals surface area contributed by atoms with E-state index in [1.807, 2.05) is 26.2 Å². The average Bonchev–Trinajstić information content (AvgIpc) is 2.90. The first-order valence-corrected chi connectivity index (χ1v) is 4.78. The number of rotatable bonds is 1. The summed E-state index contributed by atoms with van der Waals surface area (Å²) >= 11 is 0. The Labute approximate surface area is 74.8 Å². The maximum atomic E-state index is 4.15. The zero-order valence-corrected chi connectivity index (χ0v) is 8.17. The van der Waals surface area contributed by atoms with E-state index in [4.69, 9.17) is 0 Å². The summed E-state index contributed by atoms with van der Waals surface area (Å²) in [6.07, 6.45) is 6.63. The van der Waals surface area contributed by atoms with Crippen LogP contribution in [0.2, 0.25) is 0 Å². The third-order valence-electron chi connectivity index (χ3n) is 1.94. The topological polar surface area (TPSA) is 12.9 Å². The largest absolute Gasteiger partial charge is 0.264 e. The minimum Gasteiger partial charge on any atom is -0.264 e. The Morgan fingerprint density at radius 1 is 1.25 bits per heavy atom. The lowest BCUT2D eigenvalue weighted by Crippen LogP contribution is -1.82. The number of nitrogens with zero attached hydrogens (tertiary/aromatic N) is 1. The van der Waals surface area contributed by atoms with Gasteiger partial charge in [0, 0.05) is 12.4 Å². The lowest BCUT2D eigenvalue weighted by molar-refractivity contribution is 1.08. The fraction of sp³-hybridized carbons (Fsp3) is 0.545. The van der Waals surface area contributed by atoms with E-state index in [1.165, 1.54) is 24.0 Å². The van der Waals surface area contributed by atoms with E-state index in [1.54, 1.807) is 0 Å². The third kappa shape index (κ3) is 2.33. The minimum absolute atomic E-state index is 0.840. The fourth-order valence-corrected chi connectivity index (χ4v) is 1.22. The van der Waals surface area contributed by atoms with Crippen molar-refractivity contribution in [3.8, 4) is 0 Å². The zero-order chi connectivity index (χ0) is 8.97. The van der Waals surface area contributed by atoms with Crippen molar-refractivity contribution in [2.45, 2.75) is 39.5 Å². The van der Waals surface area contributed by atoms with Crippen LogP contribution in [0.3, 0.4) is 0 Å². The predicted molar refractivity (Wildman–Crippen MR) is 52.3 cm³/mol. The molecule has 0 aromatic carbocycles. The molecule has 0 radical (unpaired) electrons. The van der Waals surface area contributed by atoms with Crippen LogP contribution in [0.5, 0.6) is 0 Å². The van der Waals surface area contributed by atoms with E-state index in [0.29, 0.717) is 0 Å². The standard InChI is InChI=1S/C9H11N.C2H6/c1-7-4-9(6-10-5-7)8-2-3-8;1-2/h4-6,8H,2-3H2,1H3;1-2H3. The van der Waals surface area contributed by atoms with Crippen LogP contribution in [0, 0.1) is 6.92 Å². The maximum Gasteiger partial charge on any atom is 0.0302 e. The number of hydrogen-bond donors (Lipinski definition) is 0. The molecule has 0 amide bonds. The number of aromatic nitrogens is 1. The number of aryl methyl sites for hydroxylation is 1. The Balaban J connectivity index is 0.000000336. The molecule has 1 aromatic rings. The van der Waals surface area contributed by atoms with Gasteiger partial charge in [0.1, 0.15) is 0 Å². The van der Waals surface area contributed by atoms with E-state index in [0.717, 1.165) is 5.92 Å². The SMILES string of the molecule is CC.Cc1cncc(C2CC2)c1.